The number of thiazole rings is 1. The van der Waals surface area contributed by atoms with Gasteiger partial charge in [0, 0.05) is 12.6 Å². The maximum absolute atomic E-state index is 5.32. The molecule has 3 heterocycles. The minimum atomic E-state index is 0.817. The first kappa shape index (κ1) is 16.3. The van der Waals surface area contributed by atoms with Gasteiger partial charge in [-0.3, -0.25) is 4.90 Å². The van der Waals surface area contributed by atoms with Crippen molar-refractivity contribution >= 4 is 21.6 Å². The van der Waals surface area contributed by atoms with E-state index in [1.807, 2.05) is 17.4 Å². The molecule has 1 aromatic heterocycles. The van der Waals surface area contributed by atoms with Crippen molar-refractivity contribution < 1.29 is 4.74 Å². The zero-order chi connectivity index (χ0) is 16.4. The highest BCUT2D eigenvalue weighted by Crippen LogP contribution is 2.28. The monoisotopic (exact) mass is 345 g/mol. The lowest BCUT2D eigenvalue weighted by Gasteiger charge is -2.26. The second-order valence-electron chi connectivity index (χ2n) is 7.05. The summed E-state index contributed by atoms with van der Waals surface area (Å²) in [5, 5.41) is 1.23. The van der Waals surface area contributed by atoms with E-state index in [0.29, 0.717) is 0 Å². The molecule has 2 saturated heterocycles. The van der Waals surface area contributed by atoms with Crippen molar-refractivity contribution in [2.24, 2.45) is 0 Å². The smallest absolute Gasteiger partial charge is 0.120 e. The number of likely N-dealkylation sites (tertiary alicyclic amines) is 2. The average Bonchev–Trinajstić information content (AvgIpc) is 3.20. The summed E-state index contributed by atoms with van der Waals surface area (Å²) in [6.45, 7) is 6.06. The zero-order valence-corrected chi connectivity index (χ0v) is 15.4. The van der Waals surface area contributed by atoms with Gasteiger partial charge in [0.1, 0.15) is 10.8 Å². The number of aromatic nitrogens is 1. The van der Waals surface area contributed by atoms with E-state index in [-0.39, 0.29) is 0 Å². The Morgan fingerprint density at radius 1 is 1.12 bits per heavy atom. The number of benzene rings is 1. The number of fused-ring (bicyclic) bond motifs is 1. The van der Waals surface area contributed by atoms with Crippen LogP contribution in [0.25, 0.3) is 10.2 Å². The van der Waals surface area contributed by atoms with Crippen molar-refractivity contribution in [3.8, 4) is 5.75 Å². The molecular formula is C19H27N3OS. The first-order chi connectivity index (χ1) is 11.8. The van der Waals surface area contributed by atoms with Crippen LogP contribution in [0.4, 0.5) is 0 Å². The molecule has 1 unspecified atom stereocenters. The molecular weight excluding hydrogens is 318 g/mol. The zero-order valence-electron chi connectivity index (χ0n) is 14.5. The highest BCUT2D eigenvalue weighted by Gasteiger charge is 2.25. The van der Waals surface area contributed by atoms with Gasteiger partial charge in [-0.15, -0.1) is 11.3 Å². The molecule has 130 valence electrons. The molecule has 24 heavy (non-hydrogen) atoms. The SMILES string of the molecule is COc1ccc2nc(CN3CCCC(N4CCCC4)CC3)sc2c1. The fraction of sp³-hybridized carbons (Fsp3) is 0.632. The highest BCUT2D eigenvalue weighted by atomic mass is 32.1. The molecule has 0 bridgehead atoms. The Bertz CT molecular complexity index is 680. The number of methoxy groups -OCH3 is 1. The van der Waals surface area contributed by atoms with E-state index in [2.05, 4.69) is 21.9 Å². The van der Waals surface area contributed by atoms with Crippen molar-refractivity contribution in [1.29, 1.82) is 0 Å². The molecule has 2 aliphatic rings. The first-order valence-corrected chi connectivity index (χ1v) is 10.0. The van der Waals surface area contributed by atoms with E-state index < -0.39 is 0 Å². The third-order valence-corrected chi connectivity index (χ3v) is 6.45. The van der Waals surface area contributed by atoms with E-state index in [1.54, 1.807) is 7.11 Å². The summed E-state index contributed by atoms with van der Waals surface area (Å²) in [6.07, 6.45) is 6.80. The molecule has 0 amide bonds. The molecule has 2 aliphatic heterocycles. The molecule has 1 aromatic carbocycles. The topological polar surface area (TPSA) is 28.6 Å². The largest absolute Gasteiger partial charge is 0.497 e. The quantitative estimate of drug-likeness (QED) is 0.844. The Hall–Kier alpha value is -1.17. The van der Waals surface area contributed by atoms with Gasteiger partial charge in [0.2, 0.25) is 0 Å². The number of hydrogen-bond acceptors (Lipinski definition) is 5. The molecule has 5 heteroatoms. The van der Waals surface area contributed by atoms with Gasteiger partial charge < -0.3 is 9.64 Å². The fourth-order valence-electron chi connectivity index (χ4n) is 4.11. The summed E-state index contributed by atoms with van der Waals surface area (Å²) < 4.78 is 6.55. The van der Waals surface area contributed by atoms with E-state index in [1.165, 1.54) is 68.0 Å². The third-order valence-electron chi connectivity index (χ3n) is 5.45. The summed E-state index contributed by atoms with van der Waals surface area (Å²) in [5.41, 5.74) is 1.10. The van der Waals surface area contributed by atoms with E-state index >= 15 is 0 Å². The van der Waals surface area contributed by atoms with E-state index in [4.69, 9.17) is 9.72 Å². The van der Waals surface area contributed by atoms with Gasteiger partial charge in [-0.2, -0.15) is 0 Å². The van der Waals surface area contributed by atoms with Crippen LogP contribution in [0.3, 0.4) is 0 Å². The molecule has 0 aliphatic carbocycles. The van der Waals surface area contributed by atoms with Crippen molar-refractivity contribution in [2.75, 3.05) is 33.3 Å². The lowest BCUT2D eigenvalue weighted by atomic mass is 10.1. The first-order valence-electron chi connectivity index (χ1n) is 9.22. The highest BCUT2D eigenvalue weighted by molar-refractivity contribution is 7.18. The molecule has 0 radical (unpaired) electrons. The van der Waals surface area contributed by atoms with Crippen LogP contribution >= 0.6 is 11.3 Å². The summed E-state index contributed by atoms with van der Waals surface area (Å²) in [6, 6.07) is 6.98. The average molecular weight is 346 g/mol. The van der Waals surface area contributed by atoms with Crippen molar-refractivity contribution in [3.05, 3.63) is 23.2 Å². The van der Waals surface area contributed by atoms with Crippen LogP contribution in [0.1, 0.15) is 37.1 Å². The minimum Gasteiger partial charge on any atom is -0.497 e. The van der Waals surface area contributed by atoms with Gasteiger partial charge in [-0.05, 0) is 69.9 Å². The number of rotatable bonds is 4. The van der Waals surface area contributed by atoms with Crippen LogP contribution in [-0.4, -0.2) is 54.1 Å². The van der Waals surface area contributed by atoms with E-state index in [9.17, 15) is 0 Å². The molecule has 0 N–H and O–H groups in total. The molecule has 2 aromatic rings. The van der Waals surface area contributed by atoms with Crippen LogP contribution in [0.2, 0.25) is 0 Å². The molecule has 0 spiro atoms. The molecule has 1 atom stereocenters. The summed E-state index contributed by atoms with van der Waals surface area (Å²) in [7, 11) is 1.72. The van der Waals surface area contributed by atoms with Crippen LogP contribution in [0.5, 0.6) is 5.75 Å². The Morgan fingerprint density at radius 2 is 2.00 bits per heavy atom. The molecule has 4 rings (SSSR count). The van der Waals surface area contributed by atoms with Gasteiger partial charge in [0.15, 0.2) is 0 Å². The Labute approximate surface area is 148 Å². The third kappa shape index (κ3) is 3.58. The molecule has 2 fully saturated rings. The van der Waals surface area contributed by atoms with E-state index in [0.717, 1.165) is 23.9 Å². The fourth-order valence-corrected chi connectivity index (χ4v) is 5.15. The Kier molecular flexibility index (Phi) is 5.01. The standard InChI is InChI=1S/C19H27N3OS/c1-23-16-6-7-17-18(13-16)24-19(20-17)14-21-9-4-5-15(8-12-21)22-10-2-3-11-22/h6-7,13,15H,2-5,8-12,14H2,1H3. The van der Waals surface area contributed by atoms with Crippen LogP contribution < -0.4 is 4.74 Å². The van der Waals surface area contributed by atoms with Crippen LogP contribution in [0.15, 0.2) is 18.2 Å². The van der Waals surface area contributed by atoms with Gasteiger partial charge in [-0.25, -0.2) is 4.98 Å². The maximum Gasteiger partial charge on any atom is 0.120 e. The number of ether oxygens (including phenoxy) is 1. The summed E-state index contributed by atoms with van der Waals surface area (Å²) in [5.74, 6) is 0.918. The second-order valence-corrected chi connectivity index (χ2v) is 8.16. The van der Waals surface area contributed by atoms with Gasteiger partial charge >= 0.3 is 0 Å². The Morgan fingerprint density at radius 3 is 2.83 bits per heavy atom. The molecule has 0 saturated carbocycles. The predicted molar refractivity (Wildman–Crippen MR) is 99.9 cm³/mol. The van der Waals surface area contributed by atoms with Gasteiger partial charge in [0.25, 0.3) is 0 Å². The van der Waals surface area contributed by atoms with Gasteiger partial charge in [-0.1, -0.05) is 0 Å². The van der Waals surface area contributed by atoms with Gasteiger partial charge in [0.05, 0.1) is 23.9 Å². The normalized spacial score (nSPS) is 23.6. The van der Waals surface area contributed by atoms with Crippen molar-refractivity contribution in [3.63, 3.8) is 0 Å². The second kappa shape index (κ2) is 7.38. The Balaban J connectivity index is 1.39. The predicted octanol–water partition coefficient (Wildman–Crippen LogP) is 3.76. The number of nitrogens with zero attached hydrogens (tertiary/aromatic N) is 3. The summed E-state index contributed by atoms with van der Waals surface area (Å²) >= 11 is 1.81. The minimum absolute atomic E-state index is 0.817. The molecule has 4 nitrogen and oxygen atoms in total. The van der Waals surface area contributed by atoms with Crippen LogP contribution in [-0.2, 0) is 6.54 Å². The summed E-state index contributed by atoms with van der Waals surface area (Å²) in [4.78, 5) is 10.2. The number of hydrogen-bond donors (Lipinski definition) is 0. The van der Waals surface area contributed by atoms with Crippen molar-refractivity contribution in [2.45, 2.75) is 44.7 Å². The van der Waals surface area contributed by atoms with Crippen molar-refractivity contribution in [1.82, 2.24) is 14.8 Å². The van der Waals surface area contributed by atoms with Crippen LogP contribution in [0, 0.1) is 0 Å². The lowest BCUT2D eigenvalue weighted by molar-refractivity contribution is 0.213. The maximum atomic E-state index is 5.32. The lowest BCUT2D eigenvalue weighted by Crippen LogP contribution is -2.33.